The van der Waals surface area contributed by atoms with Gasteiger partial charge in [0.15, 0.2) is 0 Å². The van der Waals surface area contributed by atoms with Gasteiger partial charge in [0.2, 0.25) is 0 Å². The van der Waals surface area contributed by atoms with E-state index in [4.69, 9.17) is 9.47 Å². The van der Waals surface area contributed by atoms with E-state index < -0.39 is 17.7 Å². The van der Waals surface area contributed by atoms with E-state index >= 15 is 0 Å². The molecule has 0 bridgehead atoms. The molecular weight excluding hydrogens is 285 g/mol. The molecule has 6 heteroatoms. The molecule has 0 N–H and O–H groups in total. The summed E-state index contributed by atoms with van der Waals surface area (Å²) >= 11 is 0. The quantitative estimate of drug-likeness (QED) is 0.615. The van der Waals surface area contributed by atoms with Crippen molar-refractivity contribution in [2.75, 3.05) is 13.2 Å². The molecule has 1 aromatic rings. The minimum atomic E-state index is -4.42. The van der Waals surface area contributed by atoms with Crippen LogP contribution in [0, 0.1) is 0 Å². The Labute approximate surface area is 120 Å². The fourth-order valence-corrected chi connectivity index (χ4v) is 2.14. The second kappa shape index (κ2) is 6.20. The predicted octanol–water partition coefficient (Wildman–Crippen LogP) is 3.82. The number of fused-ring (bicyclic) bond motifs is 1. The van der Waals surface area contributed by atoms with Crippen molar-refractivity contribution >= 4 is 11.5 Å². The van der Waals surface area contributed by atoms with Crippen LogP contribution in [-0.2, 0) is 15.7 Å². The molecule has 0 spiro atoms. The van der Waals surface area contributed by atoms with Gasteiger partial charge in [-0.05, 0) is 37.5 Å². The van der Waals surface area contributed by atoms with E-state index in [1.807, 2.05) is 0 Å². The molecule has 0 saturated carbocycles. The number of alkyl halides is 3. The molecule has 0 saturated heterocycles. The molecule has 1 aliphatic heterocycles. The average molecular weight is 300 g/mol. The molecule has 0 fully saturated rings. The third kappa shape index (κ3) is 3.77. The first-order chi connectivity index (χ1) is 9.91. The summed E-state index contributed by atoms with van der Waals surface area (Å²) in [7, 11) is 0. The van der Waals surface area contributed by atoms with Gasteiger partial charge >= 0.3 is 12.1 Å². The van der Waals surface area contributed by atoms with Crippen LogP contribution in [0.4, 0.5) is 13.2 Å². The van der Waals surface area contributed by atoms with Gasteiger partial charge < -0.3 is 9.47 Å². The lowest BCUT2D eigenvalue weighted by molar-refractivity contribution is -0.138. The van der Waals surface area contributed by atoms with Gasteiger partial charge in [-0.3, -0.25) is 0 Å². The summed E-state index contributed by atoms with van der Waals surface area (Å²) in [5.41, 5.74) is 0.377. The molecule has 0 aromatic heterocycles. The fourth-order valence-electron chi connectivity index (χ4n) is 2.14. The number of carbonyl (C=O) groups excluding carboxylic acids is 1. The zero-order valence-corrected chi connectivity index (χ0v) is 11.5. The van der Waals surface area contributed by atoms with Crippen molar-refractivity contribution in [2.24, 2.45) is 0 Å². The van der Waals surface area contributed by atoms with Crippen molar-refractivity contribution in [3.05, 3.63) is 35.4 Å². The highest BCUT2D eigenvalue weighted by molar-refractivity contribution is 5.92. The van der Waals surface area contributed by atoms with Crippen molar-refractivity contribution in [1.82, 2.24) is 0 Å². The van der Waals surface area contributed by atoms with Gasteiger partial charge in [-0.15, -0.1) is 0 Å². The molecule has 1 heterocycles. The van der Waals surface area contributed by atoms with Crippen LogP contribution in [0.5, 0.6) is 5.75 Å². The number of benzene rings is 1. The molecule has 2 rings (SSSR count). The summed E-state index contributed by atoms with van der Waals surface area (Å²) in [6, 6.07) is 3.31. The van der Waals surface area contributed by atoms with Crippen LogP contribution in [0.15, 0.2) is 24.3 Å². The number of ether oxygens (including phenoxy) is 2. The van der Waals surface area contributed by atoms with Gasteiger partial charge in [-0.25, -0.2) is 4.79 Å². The summed E-state index contributed by atoms with van der Waals surface area (Å²) < 4.78 is 48.4. The topological polar surface area (TPSA) is 35.5 Å². The zero-order chi connectivity index (χ0) is 15.5. The lowest BCUT2D eigenvalue weighted by atomic mass is 9.99. The third-order valence-corrected chi connectivity index (χ3v) is 3.08. The number of carbonyl (C=O) groups is 1. The Hall–Kier alpha value is -1.98. The van der Waals surface area contributed by atoms with Gasteiger partial charge in [0, 0.05) is 11.6 Å². The van der Waals surface area contributed by atoms with Crippen LogP contribution in [0.1, 0.15) is 30.9 Å². The van der Waals surface area contributed by atoms with E-state index in [1.54, 1.807) is 6.92 Å². The van der Waals surface area contributed by atoms with Gasteiger partial charge in [0.05, 0.1) is 18.8 Å². The first-order valence-electron chi connectivity index (χ1n) is 6.63. The van der Waals surface area contributed by atoms with Crippen LogP contribution in [0.2, 0.25) is 0 Å². The Morgan fingerprint density at radius 3 is 2.86 bits per heavy atom. The molecule has 0 unspecified atom stereocenters. The van der Waals surface area contributed by atoms with Crippen LogP contribution in [0.25, 0.3) is 5.57 Å². The SMILES string of the molecule is CCOC(=O)/C=C1/CCCOc2cc(C(F)(F)F)ccc21. The van der Waals surface area contributed by atoms with Crippen molar-refractivity contribution in [3.63, 3.8) is 0 Å². The molecule has 0 amide bonds. The molecule has 3 nitrogen and oxygen atoms in total. The van der Waals surface area contributed by atoms with Gasteiger partial charge in [0.1, 0.15) is 5.75 Å². The lowest BCUT2D eigenvalue weighted by Crippen LogP contribution is -2.06. The summed E-state index contributed by atoms with van der Waals surface area (Å²) in [5.74, 6) is -0.349. The maximum atomic E-state index is 12.7. The van der Waals surface area contributed by atoms with Crippen molar-refractivity contribution in [3.8, 4) is 5.75 Å². The number of halogens is 3. The zero-order valence-electron chi connectivity index (χ0n) is 11.5. The van der Waals surface area contributed by atoms with Crippen molar-refractivity contribution in [1.29, 1.82) is 0 Å². The Balaban J connectivity index is 2.40. The monoisotopic (exact) mass is 300 g/mol. The Kier molecular flexibility index (Phi) is 4.55. The van der Waals surface area contributed by atoms with E-state index in [0.29, 0.717) is 30.6 Å². The van der Waals surface area contributed by atoms with Crippen LogP contribution in [-0.4, -0.2) is 19.2 Å². The van der Waals surface area contributed by atoms with Gasteiger partial charge in [-0.1, -0.05) is 6.07 Å². The van der Waals surface area contributed by atoms with E-state index in [1.165, 1.54) is 12.1 Å². The summed E-state index contributed by atoms with van der Waals surface area (Å²) in [6.07, 6.45) is -1.92. The molecule has 0 aliphatic carbocycles. The first-order valence-corrected chi connectivity index (χ1v) is 6.63. The van der Waals surface area contributed by atoms with Gasteiger partial charge in [0.25, 0.3) is 0 Å². The second-order valence-corrected chi connectivity index (χ2v) is 4.58. The number of hydrogen-bond donors (Lipinski definition) is 0. The molecule has 0 atom stereocenters. The summed E-state index contributed by atoms with van der Waals surface area (Å²) in [6.45, 7) is 2.25. The highest BCUT2D eigenvalue weighted by atomic mass is 19.4. The number of rotatable bonds is 2. The van der Waals surface area contributed by atoms with E-state index in [9.17, 15) is 18.0 Å². The first kappa shape index (κ1) is 15.4. The predicted molar refractivity (Wildman–Crippen MR) is 70.8 cm³/mol. The average Bonchev–Trinajstić information content (AvgIpc) is 2.60. The summed E-state index contributed by atoms with van der Waals surface area (Å²) in [4.78, 5) is 11.5. The van der Waals surface area contributed by atoms with Gasteiger partial charge in [-0.2, -0.15) is 13.2 Å². The second-order valence-electron chi connectivity index (χ2n) is 4.58. The van der Waals surface area contributed by atoms with Crippen LogP contribution in [0.3, 0.4) is 0 Å². The third-order valence-electron chi connectivity index (χ3n) is 3.08. The Morgan fingerprint density at radius 2 is 2.19 bits per heavy atom. The highest BCUT2D eigenvalue weighted by Crippen LogP contribution is 2.37. The molecule has 21 heavy (non-hydrogen) atoms. The number of esters is 1. The normalized spacial score (nSPS) is 16.9. The van der Waals surface area contributed by atoms with E-state index in [-0.39, 0.29) is 12.4 Å². The highest BCUT2D eigenvalue weighted by Gasteiger charge is 2.31. The Bertz CT molecular complexity index is 562. The van der Waals surface area contributed by atoms with E-state index in [2.05, 4.69) is 0 Å². The molecule has 1 aliphatic rings. The molecular formula is C15H15F3O3. The van der Waals surface area contributed by atoms with Crippen LogP contribution < -0.4 is 4.74 Å². The minimum Gasteiger partial charge on any atom is -0.493 e. The smallest absolute Gasteiger partial charge is 0.416 e. The summed E-state index contributed by atoms with van der Waals surface area (Å²) in [5, 5.41) is 0. The molecule has 0 radical (unpaired) electrons. The molecule has 114 valence electrons. The van der Waals surface area contributed by atoms with E-state index in [0.717, 1.165) is 12.1 Å². The molecule has 1 aromatic carbocycles. The lowest BCUT2D eigenvalue weighted by Gasteiger charge is -2.12. The number of allylic oxidation sites excluding steroid dienone is 1. The van der Waals surface area contributed by atoms with Crippen molar-refractivity contribution in [2.45, 2.75) is 25.9 Å². The maximum absolute atomic E-state index is 12.7. The number of hydrogen-bond acceptors (Lipinski definition) is 3. The largest absolute Gasteiger partial charge is 0.493 e. The Morgan fingerprint density at radius 1 is 1.43 bits per heavy atom. The minimum absolute atomic E-state index is 0.151. The van der Waals surface area contributed by atoms with Crippen LogP contribution >= 0.6 is 0 Å². The van der Waals surface area contributed by atoms with Crippen molar-refractivity contribution < 1.29 is 27.4 Å². The fraction of sp³-hybridized carbons (Fsp3) is 0.400. The standard InChI is InChI=1S/C15H15F3O3/c1-2-20-14(19)8-10-4-3-7-21-13-9-11(15(16,17)18)5-6-12(10)13/h5-6,8-9H,2-4,7H2,1H3/b10-8-. The maximum Gasteiger partial charge on any atom is 0.416 e.